The summed E-state index contributed by atoms with van der Waals surface area (Å²) in [6, 6.07) is 0. The Bertz CT molecular complexity index is 216. The number of carboxylic acid groups (broad SMARTS) is 1. The molecule has 5 nitrogen and oxygen atoms in total. The SMILES string of the molecule is COC(C)C(C)(NC(C)=O)C(=O)O. The van der Waals surface area contributed by atoms with Gasteiger partial charge in [-0.05, 0) is 13.8 Å². The molecule has 0 fully saturated rings. The fourth-order valence-corrected chi connectivity index (χ4v) is 0.930. The average molecular weight is 189 g/mol. The van der Waals surface area contributed by atoms with Crippen molar-refractivity contribution in [2.75, 3.05) is 7.11 Å². The van der Waals surface area contributed by atoms with Crippen molar-refractivity contribution in [3.63, 3.8) is 0 Å². The predicted molar refractivity (Wildman–Crippen MR) is 46.3 cm³/mol. The van der Waals surface area contributed by atoms with Gasteiger partial charge in [-0.15, -0.1) is 0 Å². The Kier molecular flexibility index (Phi) is 3.87. The van der Waals surface area contributed by atoms with E-state index in [0.717, 1.165) is 0 Å². The molecular weight excluding hydrogens is 174 g/mol. The summed E-state index contributed by atoms with van der Waals surface area (Å²) < 4.78 is 4.88. The number of amides is 1. The van der Waals surface area contributed by atoms with Crippen LogP contribution in [0.25, 0.3) is 0 Å². The molecule has 13 heavy (non-hydrogen) atoms. The van der Waals surface area contributed by atoms with Crippen molar-refractivity contribution < 1.29 is 19.4 Å². The third kappa shape index (κ3) is 2.69. The van der Waals surface area contributed by atoms with E-state index < -0.39 is 23.5 Å². The van der Waals surface area contributed by atoms with Crippen LogP contribution in [0.2, 0.25) is 0 Å². The highest BCUT2D eigenvalue weighted by molar-refractivity contribution is 5.86. The first kappa shape index (κ1) is 11.9. The minimum Gasteiger partial charge on any atom is -0.479 e. The van der Waals surface area contributed by atoms with Crippen molar-refractivity contribution in [2.24, 2.45) is 0 Å². The fraction of sp³-hybridized carbons (Fsp3) is 0.750. The number of hydrogen-bond acceptors (Lipinski definition) is 3. The summed E-state index contributed by atoms with van der Waals surface area (Å²) in [7, 11) is 1.40. The molecule has 0 saturated carbocycles. The molecule has 0 saturated heterocycles. The van der Waals surface area contributed by atoms with Gasteiger partial charge in [-0.3, -0.25) is 4.79 Å². The van der Waals surface area contributed by atoms with Crippen molar-refractivity contribution in [1.29, 1.82) is 0 Å². The van der Waals surface area contributed by atoms with Gasteiger partial charge >= 0.3 is 5.97 Å². The Morgan fingerprint density at radius 1 is 1.54 bits per heavy atom. The molecule has 0 aliphatic heterocycles. The molecule has 76 valence electrons. The van der Waals surface area contributed by atoms with Crippen LogP contribution >= 0.6 is 0 Å². The quantitative estimate of drug-likeness (QED) is 0.652. The second kappa shape index (κ2) is 4.23. The Balaban J connectivity index is 4.72. The lowest BCUT2D eigenvalue weighted by molar-refractivity contribution is -0.152. The molecule has 0 bridgehead atoms. The van der Waals surface area contributed by atoms with Crippen LogP contribution in [0.1, 0.15) is 20.8 Å². The largest absolute Gasteiger partial charge is 0.479 e. The highest BCUT2D eigenvalue weighted by atomic mass is 16.5. The van der Waals surface area contributed by atoms with Gasteiger partial charge in [0.25, 0.3) is 0 Å². The van der Waals surface area contributed by atoms with Gasteiger partial charge in [-0.1, -0.05) is 0 Å². The van der Waals surface area contributed by atoms with Crippen molar-refractivity contribution in [3.8, 4) is 0 Å². The van der Waals surface area contributed by atoms with Crippen molar-refractivity contribution in [2.45, 2.75) is 32.4 Å². The monoisotopic (exact) mass is 189 g/mol. The number of carbonyl (C=O) groups excluding carboxylic acids is 1. The van der Waals surface area contributed by atoms with Crippen molar-refractivity contribution >= 4 is 11.9 Å². The number of nitrogens with one attached hydrogen (secondary N) is 1. The zero-order chi connectivity index (χ0) is 10.6. The topological polar surface area (TPSA) is 75.6 Å². The first-order valence-corrected chi connectivity index (χ1v) is 3.89. The number of ether oxygens (including phenoxy) is 1. The van der Waals surface area contributed by atoms with Crippen LogP contribution in [0.4, 0.5) is 0 Å². The second-order valence-corrected chi connectivity index (χ2v) is 3.07. The molecule has 0 radical (unpaired) electrons. The Morgan fingerprint density at radius 2 is 2.00 bits per heavy atom. The van der Waals surface area contributed by atoms with Crippen LogP contribution in [0, 0.1) is 0 Å². The van der Waals surface area contributed by atoms with E-state index in [1.165, 1.54) is 21.0 Å². The molecule has 0 aliphatic rings. The maximum Gasteiger partial charge on any atom is 0.331 e. The van der Waals surface area contributed by atoms with Gasteiger partial charge in [0, 0.05) is 14.0 Å². The summed E-state index contributed by atoms with van der Waals surface area (Å²) in [6.45, 7) is 4.26. The number of hydrogen-bond donors (Lipinski definition) is 2. The second-order valence-electron chi connectivity index (χ2n) is 3.07. The fourth-order valence-electron chi connectivity index (χ4n) is 0.930. The average Bonchev–Trinajstić information content (AvgIpc) is 2.01. The zero-order valence-electron chi connectivity index (χ0n) is 8.25. The van der Waals surface area contributed by atoms with E-state index in [1.807, 2.05) is 0 Å². The van der Waals surface area contributed by atoms with Crippen LogP contribution in [-0.2, 0) is 14.3 Å². The van der Waals surface area contributed by atoms with Gasteiger partial charge < -0.3 is 15.2 Å². The molecule has 0 rings (SSSR count). The molecule has 0 aromatic heterocycles. The molecule has 5 heteroatoms. The van der Waals surface area contributed by atoms with Gasteiger partial charge in [-0.2, -0.15) is 0 Å². The third-order valence-corrected chi connectivity index (χ3v) is 2.05. The smallest absolute Gasteiger partial charge is 0.331 e. The lowest BCUT2D eigenvalue weighted by Gasteiger charge is -2.30. The Morgan fingerprint density at radius 3 is 2.23 bits per heavy atom. The van der Waals surface area contributed by atoms with Crippen LogP contribution in [0.15, 0.2) is 0 Å². The van der Waals surface area contributed by atoms with Crippen LogP contribution in [-0.4, -0.2) is 35.7 Å². The predicted octanol–water partition coefficient (Wildman–Crippen LogP) is 0.000700. The maximum atomic E-state index is 10.9. The highest BCUT2D eigenvalue weighted by Gasteiger charge is 2.40. The lowest BCUT2D eigenvalue weighted by atomic mass is 9.96. The van der Waals surface area contributed by atoms with E-state index in [1.54, 1.807) is 6.92 Å². The molecule has 0 aromatic rings. The third-order valence-electron chi connectivity index (χ3n) is 2.05. The van der Waals surface area contributed by atoms with Crippen LogP contribution < -0.4 is 5.32 Å². The molecule has 0 heterocycles. The van der Waals surface area contributed by atoms with E-state index >= 15 is 0 Å². The van der Waals surface area contributed by atoms with E-state index in [-0.39, 0.29) is 0 Å². The number of carbonyl (C=O) groups is 2. The maximum absolute atomic E-state index is 10.9. The standard InChI is InChI=1S/C8H15NO4/c1-5(13-4)8(3,7(11)12)9-6(2)10/h5H,1-4H3,(H,9,10)(H,11,12). The van der Waals surface area contributed by atoms with E-state index in [4.69, 9.17) is 9.84 Å². The Hall–Kier alpha value is -1.10. The molecule has 0 spiro atoms. The molecular formula is C8H15NO4. The zero-order valence-corrected chi connectivity index (χ0v) is 8.25. The first-order valence-electron chi connectivity index (χ1n) is 3.89. The van der Waals surface area contributed by atoms with E-state index in [0.29, 0.717) is 0 Å². The van der Waals surface area contributed by atoms with Crippen LogP contribution in [0.5, 0.6) is 0 Å². The number of rotatable bonds is 4. The molecule has 2 unspecified atom stereocenters. The molecule has 0 aromatic carbocycles. The molecule has 0 aliphatic carbocycles. The van der Waals surface area contributed by atoms with Gasteiger partial charge in [-0.25, -0.2) is 4.79 Å². The minimum absolute atomic E-state index is 0.395. The molecule has 2 N–H and O–H groups in total. The van der Waals surface area contributed by atoms with Crippen molar-refractivity contribution in [3.05, 3.63) is 0 Å². The lowest BCUT2D eigenvalue weighted by Crippen LogP contribution is -2.59. The minimum atomic E-state index is -1.37. The van der Waals surface area contributed by atoms with E-state index in [2.05, 4.69) is 5.32 Å². The summed E-state index contributed by atoms with van der Waals surface area (Å²) in [4.78, 5) is 21.6. The molecule has 1 amide bonds. The normalized spacial score (nSPS) is 17.2. The van der Waals surface area contributed by atoms with Crippen LogP contribution in [0.3, 0.4) is 0 Å². The summed E-state index contributed by atoms with van der Waals surface area (Å²) in [5.74, 6) is -1.51. The summed E-state index contributed by atoms with van der Waals surface area (Å²) in [6.07, 6.45) is -0.589. The molecule has 2 atom stereocenters. The van der Waals surface area contributed by atoms with Gasteiger partial charge in [0.1, 0.15) is 0 Å². The first-order chi connectivity index (χ1) is 5.84. The summed E-state index contributed by atoms with van der Waals surface area (Å²) >= 11 is 0. The van der Waals surface area contributed by atoms with Gasteiger partial charge in [0.2, 0.25) is 5.91 Å². The number of aliphatic carboxylic acids is 1. The van der Waals surface area contributed by atoms with Crippen molar-refractivity contribution in [1.82, 2.24) is 5.32 Å². The highest BCUT2D eigenvalue weighted by Crippen LogP contribution is 2.12. The summed E-state index contributed by atoms with van der Waals surface area (Å²) in [5, 5.41) is 11.2. The van der Waals surface area contributed by atoms with Gasteiger partial charge in [0.05, 0.1) is 6.10 Å². The summed E-state index contributed by atoms with van der Waals surface area (Å²) in [5.41, 5.74) is -1.37. The van der Waals surface area contributed by atoms with Gasteiger partial charge in [0.15, 0.2) is 5.54 Å². The number of methoxy groups -OCH3 is 1. The number of carboxylic acids is 1. The Labute approximate surface area is 77.1 Å². The van der Waals surface area contributed by atoms with E-state index in [9.17, 15) is 9.59 Å².